The fourth-order valence-corrected chi connectivity index (χ4v) is 5.01. The topological polar surface area (TPSA) is 58.6 Å². The lowest BCUT2D eigenvalue weighted by molar-refractivity contribution is 0.0985. The number of benzene rings is 2. The van der Waals surface area contributed by atoms with E-state index in [1.807, 2.05) is 16.3 Å². The highest BCUT2D eigenvalue weighted by Crippen LogP contribution is 2.33. The lowest BCUT2D eigenvalue weighted by Gasteiger charge is -2.22. The molecular formula is C23H20Cl2N2O3S. The molecule has 3 aromatic rings. The molecule has 0 unspecified atom stereocenters. The van der Waals surface area contributed by atoms with Gasteiger partial charge >= 0.3 is 0 Å². The van der Waals surface area contributed by atoms with Gasteiger partial charge in [-0.1, -0.05) is 23.2 Å². The minimum atomic E-state index is -0.394. The van der Waals surface area contributed by atoms with E-state index in [4.69, 9.17) is 27.9 Å². The average Bonchev–Trinajstić information content (AvgIpc) is 3.12. The summed E-state index contributed by atoms with van der Waals surface area (Å²) < 4.78 is 5.45. The number of amides is 2. The summed E-state index contributed by atoms with van der Waals surface area (Å²) in [6.07, 6.45) is 3.03. The van der Waals surface area contributed by atoms with Gasteiger partial charge in [0.15, 0.2) is 0 Å². The van der Waals surface area contributed by atoms with Gasteiger partial charge in [0.05, 0.1) is 29.1 Å². The van der Waals surface area contributed by atoms with Crippen LogP contribution in [0.2, 0.25) is 10.0 Å². The number of nitrogens with one attached hydrogen (secondary N) is 1. The lowest BCUT2D eigenvalue weighted by Crippen LogP contribution is -2.31. The van der Waals surface area contributed by atoms with Crippen molar-refractivity contribution in [3.63, 3.8) is 0 Å². The van der Waals surface area contributed by atoms with E-state index in [0.29, 0.717) is 34.1 Å². The molecule has 8 heteroatoms. The highest BCUT2D eigenvalue weighted by atomic mass is 35.5. The van der Waals surface area contributed by atoms with Crippen molar-refractivity contribution in [3.8, 4) is 5.75 Å². The molecule has 0 spiro atoms. The fourth-order valence-electron chi connectivity index (χ4n) is 3.59. The largest absolute Gasteiger partial charge is 0.495 e. The number of thiophene rings is 1. The van der Waals surface area contributed by atoms with E-state index in [2.05, 4.69) is 5.32 Å². The summed E-state index contributed by atoms with van der Waals surface area (Å²) in [6, 6.07) is 11.7. The fraction of sp³-hybridized carbons (Fsp3) is 0.217. The van der Waals surface area contributed by atoms with Crippen LogP contribution in [0.15, 0.2) is 47.8 Å². The summed E-state index contributed by atoms with van der Waals surface area (Å²) in [6.45, 7) is 0.679. The number of rotatable bonds is 4. The van der Waals surface area contributed by atoms with E-state index in [0.717, 1.165) is 24.9 Å². The normalized spacial score (nSPS) is 13.3. The molecule has 0 aliphatic carbocycles. The van der Waals surface area contributed by atoms with Crippen LogP contribution in [0.4, 0.5) is 11.4 Å². The van der Waals surface area contributed by atoms with Gasteiger partial charge in [-0.2, -0.15) is 0 Å². The monoisotopic (exact) mass is 474 g/mol. The zero-order valence-corrected chi connectivity index (χ0v) is 19.1. The van der Waals surface area contributed by atoms with Crippen molar-refractivity contribution in [2.45, 2.75) is 19.3 Å². The third-order valence-corrected chi connectivity index (χ3v) is 6.68. The number of halogens is 2. The maximum absolute atomic E-state index is 13.3. The van der Waals surface area contributed by atoms with Gasteiger partial charge in [0.2, 0.25) is 0 Å². The van der Waals surface area contributed by atoms with Crippen molar-refractivity contribution in [2.24, 2.45) is 0 Å². The Labute approximate surface area is 194 Å². The van der Waals surface area contributed by atoms with Gasteiger partial charge in [0.1, 0.15) is 5.75 Å². The van der Waals surface area contributed by atoms with Crippen LogP contribution in [0.5, 0.6) is 5.75 Å². The number of carbonyl (C=O) groups is 2. The second-order valence-electron chi connectivity index (χ2n) is 7.14. The van der Waals surface area contributed by atoms with Crippen LogP contribution < -0.4 is 15.0 Å². The van der Waals surface area contributed by atoms with Gasteiger partial charge in [-0.15, -0.1) is 11.3 Å². The first-order valence-electron chi connectivity index (χ1n) is 9.80. The molecule has 2 aromatic carbocycles. The molecule has 0 radical (unpaired) electrons. The van der Waals surface area contributed by atoms with Gasteiger partial charge in [0, 0.05) is 22.0 Å². The van der Waals surface area contributed by atoms with Crippen molar-refractivity contribution < 1.29 is 14.3 Å². The summed E-state index contributed by atoms with van der Waals surface area (Å²) >= 11 is 13.7. The number of carbonyl (C=O) groups excluding carboxylic acids is 2. The van der Waals surface area contributed by atoms with Gasteiger partial charge in [0.25, 0.3) is 11.8 Å². The van der Waals surface area contributed by atoms with Crippen LogP contribution in [-0.4, -0.2) is 25.5 Å². The predicted molar refractivity (Wildman–Crippen MR) is 126 cm³/mol. The number of methoxy groups -OCH3 is 1. The zero-order chi connectivity index (χ0) is 22.0. The minimum Gasteiger partial charge on any atom is -0.495 e. The Morgan fingerprint density at radius 1 is 1.10 bits per heavy atom. The van der Waals surface area contributed by atoms with Crippen LogP contribution in [-0.2, 0) is 6.42 Å². The van der Waals surface area contributed by atoms with E-state index < -0.39 is 5.91 Å². The third-order valence-electron chi connectivity index (χ3n) is 5.17. The molecular weight excluding hydrogens is 455 g/mol. The molecule has 1 aliphatic heterocycles. The van der Waals surface area contributed by atoms with Crippen molar-refractivity contribution >= 4 is 57.7 Å². The summed E-state index contributed by atoms with van der Waals surface area (Å²) in [5, 5.41) is 5.52. The summed E-state index contributed by atoms with van der Waals surface area (Å²) in [5.74, 6) is -0.0856. The molecule has 160 valence electrons. The Bertz CT molecular complexity index is 1150. The number of nitrogens with zero attached hydrogens (tertiary/aromatic N) is 1. The molecule has 2 heterocycles. The van der Waals surface area contributed by atoms with Crippen molar-refractivity contribution in [3.05, 3.63) is 73.9 Å². The van der Waals surface area contributed by atoms with Gasteiger partial charge < -0.3 is 15.0 Å². The number of hydrogen-bond acceptors (Lipinski definition) is 4. The summed E-state index contributed by atoms with van der Waals surface area (Å²) in [5.41, 5.74) is 2.23. The molecule has 0 saturated heterocycles. The third kappa shape index (κ3) is 4.56. The Morgan fingerprint density at radius 3 is 2.71 bits per heavy atom. The Hall–Kier alpha value is -2.54. The van der Waals surface area contributed by atoms with E-state index in [1.54, 1.807) is 41.7 Å². The SMILES string of the molecule is COc1cc(C(=O)N2CCCCc3sccc32)ccc1NC(=O)c1ccc(Cl)cc1Cl. The first kappa shape index (κ1) is 21.7. The average molecular weight is 475 g/mol. The smallest absolute Gasteiger partial charge is 0.258 e. The molecule has 0 bridgehead atoms. The molecule has 1 aromatic heterocycles. The standard InChI is InChI=1S/C23H20Cl2N2O3S/c1-30-20-12-14(23(29)27-10-3-2-4-21-19(27)9-11-31-21)5-8-18(20)26-22(28)16-7-6-15(24)13-17(16)25/h5-9,11-13H,2-4,10H2,1H3,(H,26,28). The first-order valence-corrected chi connectivity index (χ1v) is 11.4. The number of hydrogen-bond donors (Lipinski definition) is 1. The highest BCUT2D eigenvalue weighted by molar-refractivity contribution is 7.10. The van der Waals surface area contributed by atoms with Crippen LogP contribution in [0.1, 0.15) is 38.4 Å². The van der Waals surface area contributed by atoms with Gasteiger partial charge in [-0.3, -0.25) is 9.59 Å². The molecule has 0 atom stereocenters. The quantitative estimate of drug-likeness (QED) is 0.482. The van der Waals surface area contributed by atoms with E-state index in [9.17, 15) is 9.59 Å². The number of aryl methyl sites for hydroxylation is 1. The van der Waals surface area contributed by atoms with Crippen LogP contribution in [0.25, 0.3) is 0 Å². The summed E-state index contributed by atoms with van der Waals surface area (Å²) in [7, 11) is 1.50. The minimum absolute atomic E-state index is 0.0847. The Morgan fingerprint density at radius 2 is 1.94 bits per heavy atom. The first-order chi connectivity index (χ1) is 15.0. The second-order valence-corrected chi connectivity index (χ2v) is 8.98. The molecule has 31 heavy (non-hydrogen) atoms. The number of ether oxygens (including phenoxy) is 1. The molecule has 4 rings (SSSR count). The number of fused-ring (bicyclic) bond motifs is 1. The highest BCUT2D eigenvalue weighted by Gasteiger charge is 2.24. The van der Waals surface area contributed by atoms with Crippen LogP contribution >= 0.6 is 34.5 Å². The molecule has 1 aliphatic rings. The molecule has 0 saturated carbocycles. The molecule has 1 N–H and O–H groups in total. The van der Waals surface area contributed by atoms with E-state index in [-0.39, 0.29) is 10.9 Å². The maximum atomic E-state index is 13.3. The summed E-state index contributed by atoms with van der Waals surface area (Å²) in [4.78, 5) is 29.0. The van der Waals surface area contributed by atoms with Crippen molar-refractivity contribution in [1.82, 2.24) is 0 Å². The zero-order valence-electron chi connectivity index (χ0n) is 16.8. The molecule has 5 nitrogen and oxygen atoms in total. The Kier molecular flexibility index (Phi) is 6.51. The maximum Gasteiger partial charge on any atom is 0.258 e. The predicted octanol–water partition coefficient (Wildman–Crippen LogP) is 6.30. The van der Waals surface area contributed by atoms with Crippen LogP contribution in [0, 0.1) is 0 Å². The van der Waals surface area contributed by atoms with Crippen LogP contribution in [0.3, 0.4) is 0 Å². The van der Waals surface area contributed by atoms with Gasteiger partial charge in [-0.05, 0) is 67.1 Å². The van der Waals surface area contributed by atoms with Gasteiger partial charge in [-0.25, -0.2) is 0 Å². The lowest BCUT2D eigenvalue weighted by atomic mass is 10.1. The number of anilines is 2. The second kappa shape index (κ2) is 9.30. The Balaban J connectivity index is 1.58. The van der Waals surface area contributed by atoms with E-state index >= 15 is 0 Å². The molecule has 0 fully saturated rings. The van der Waals surface area contributed by atoms with Crippen molar-refractivity contribution in [2.75, 3.05) is 23.9 Å². The van der Waals surface area contributed by atoms with Crippen molar-refractivity contribution in [1.29, 1.82) is 0 Å². The van der Waals surface area contributed by atoms with E-state index in [1.165, 1.54) is 18.1 Å². The molecule has 2 amide bonds.